The van der Waals surface area contributed by atoms with Crippen LogP contribution in [0.25, 0.3) is 10.1 Å². The van der Waals surface area contributed by atoms with Gasteiger partial charge in [-0.1, -0.05) is 0 Å². The van der Waals surface area contributed by atoms with Gasteiger partial charge in [0.05, 0.1) is 6.61 Å². The average molecular weight is 387 g/mol. The minimum atomic E-state index is -0.718. The Bertz CT molecular complexity index is 946. The topological polar surface area (TPSA) is 141 Å². The zero-order valence-corrected chi connectivity index (χ0v) is 15.8. The summed E-state index contributed by atoms with van der Waals surface area (Å²) in [5.41, 5.74) is 12.1. The fraction of sp³-hybridized carbons (Fsp3) is 0.294. The van der Waals surface area contributed by atoms with Gasteiger partial charge in [-0.2, -0.15) is 4.98 Å². The molecule has 27 heavy (non-hydrogen) atoms. The Kier molecular flexibility index (Phi) is 5.79. The zero-order chi connectivity index (χ0) is 19.4. The highest BCUT2D eigenvalue weighted by Gasteiger charge is 2.18. The van der Waals surface area contributed by atoms with E-state index < -0.39 is 5.91 Å². The molecule has 0 aliphatic heterocycles. The van der Waals surface area contributed by atoms with Crippen molar-refractivity contribution in [1.29, 1.82) is 0 Å². The third-order valence-corrected chi connectivity index (χ3v) is 4.89. The molecule has 9 nitrogen and oxygen atoms in total. The van der Waals surface area contributed by atoms with E-state index in [1.807, 2.05) is 36.6 Å². The molecule has 0 bridgehead atoms. The summed E-state index contributed by atoms with van der Waals surface area (Å²) in [6, 6.07) is 7.45. The third kappa shape index (κ3) is 4.48. The summed E-state index contributed by atoms with van der Waals surface area (Å²) in [4.78, 5) is 16.0. The summed E-state index contributed by atoms with van der Waals surface area (Å²) in [7, 11) is 1.58. The number of benzene rings is 1. The fourth-order valence-corrected chi connectivity index (χ4v) is 3.24. The van der Waals surface area contributed by atoms with Crippen molar-refractivity contribution in [3.63, 3.8) is 0 Å². The van der Waals surface area contributed by atoms with Gasteiger partial charge in [0, 0.05) is 29.6 Å². The van der Waals surface area contributed by atoms with Gasteiger partial charge in [0.25, 0.3) is 5.91 Å². The van der Waals surface area contributed by atoms with E-state index in [9.17, 15) is 4.79 Å². The number of aromatic nitrogens is 3. The molecule has 10 heteroatoms. The van der Waals surface area contributed by atoms with Gasteiger partial charge in [0.2, 0.25) is 5.95 Å². The lowest BCUT2D eigenvalue weighted by molar-refractivity contribution is 0.0995. The fourth-order valence-electron chi connectivity index (χ4n) is 2.47. The van der Waals surface area contributed by atoms with Crippen LogP contribution in [0.1, 0.15) is 17.4 Å². The van der Waals surface area contributed by atoms with Gasteiger partial charge in [-0.15, -0.1) is 21.5 Å². The number of rotatable bonds is 8. The van der Waals surface area contributed by atoms with Crippen LogP contribution >= 0.6 is 11.3 Å². The number of nitrogens with zero attached hydrogens (tertiary/aromatic N) is 3. The molecule has 1 amide bonds. The smallest absolute Gasteiger partial charge is 0.273 e. The van der Waals surface area contributed by atoms with Crippen molar-refractivity contribution in [3.8, 4) is 0 Å². The van der Waals surface area contributed by atoms with Crippen molar-refractivity contribution >= 4 is 44.8 Å². The molecule has 3 rings (SSSR count). The maximum Gasteiger partial charge on any atom is 0.273 e. The number of thiophene rings is 1. The summed E-state index contributed by atoms with van der Waals surface area (Å²) in [6.45, 7) is 2.26. The Morgan fingerprint density at radius 3 is 2.89 bits per heavy atom. The Labute approximate surface area is 160 Å². The molecule has 2 heterocycles. The van der Waals surface area contributed by atoms with Crippen LogP contribution in [0.15, 0.2) is 29.6 Å². The number of methoxy groups -OCH3 is 1. The lowest BCUT2D eigenvalue weighted by atomic mass is 10.2. The minimum absolute atomic E-state index is 0.0418. The highest BCUT2D eigenvalue weighted by Crippen LogP contribution is 2.26. The summed E-state index contributed by atoms with van der Waals surface area (Å²) >= 11 is 1.65. The number of ether oxygens (including phenoxy) is 1. The minimum Gasteiger partial charge on any atom is -0.383 e. The number of anilines is 3. The number of hydrogen-bond acceptors (Lipinski definition) is 9. The molecule has 0 spiro atoms. The second kappa shape index (κ2) is 8.25. The maximum atomic E-state index is 11.7. The number of carbonyl (C=O) groups excluding carboxylic acids is 1. The van der Waals surface area contributed by atoms with Crippen LogP contribution in [0.4, 0.5) is 17.5 Å². The van der Waals surface area contributed by atoms with E-state index in [0.29, 0.717) is 6.61 Å². The Morgan fingerprint density at radius 1 is 1.33 bits per heavy atom. The molecule has 0 aliphatic carbocycles. The standard InChI is InChI=1S/C17H21N7O2S/c1-9(12(18)8-26-2)20-17-22-16(14(15(19)25)23-24-17)21-11-3-4-13-10(7-11)5-6-27-13/h3-7,9,12H,8,18H2,1-2H3,(H2,19,25)(H2,20,21,22,24)/t9-,12+/m1/s1. The van der Waals surface area contributed by atoms with Crippen molar-refractivity contribution in [1.82, 2.24) is 15.2 Å². The molecule has 0 radical (unpaired) electrons. The van der Waals surface area contributed by atoms with Crippen molar-refractivity contribution in [3.05, 3.63) is 35.3 Å². The maximum absolute atomic E-state index is 11.7. The molecule has 0 saturated heterocycles. The van der Waals surface area contributed by atoms with E-state index in [4.69, 9.17) is 16.2 Å². The molecule has 142 valence electrons. The van der Waals surface area contributed by atoms with Crippen LogP contribution in [0.3, 0.4) is 0 Å². The SMILES string of the molecule is COC[C@H](N)[C@@H](C)Nc1nnc(C(N)=O)c(Nc2ccc3sccc3c2)n1. The van der Waals surface area contributed by atoms with Gasteiger partial charge in [0.15, 0.2) is 11.5 Å². The van der Waals surface area contributed by atoms with Crippen LogP contribution in [-0.4, -0.2) is 46.9 Å². The predicted molar refractivity (Wildman–Crippen MR) is 106 cm³/mol. The van der Waals surface area contributed by atoms with Gasteiger partial charge in [-0.25, -0.2) is 0 Å². The first-order valence-electron chi connectivity index (χ1n) is 8.27. The molecule has 0 unspecified atom stereocenters. The molecule has 0 saturated carbocycles. The average Bonchev–Trinajstić information content (AvgIpc) is 3.09. The van der Waals surface area contributed by atoms with E-state index in [0.717, 1.165) is 11.1 Å². The normalized spacial score (nSPS) is 13.3. The number of nitrogens with two attached hydrogens (primary N) is 2. The lowest BCUT2D eigenvalue weighted by Crippen LogP contribution is -2.41. The summed E-state index contributed by atoms with van der Waals surface area (Å²) < 4.78 is 6.22. The van der Waals surface area contributed by atoms with Gasteiger partial charge in [-0.3, -0.25) is 4.79 Å². The van der Waals surface area contributed by atoms with Crippen LogP contribution < -0.4 is 22.1 Å². The highest BCUT2D eigenvalue weighted by molar-refractivity contribution is 7.17. The van der Waals surface area contributed by atoms with Crippen molar-refractivity contribution in [2.45, 2.75) is 19.0 Å². The molecule has 2 atom stereocenters. The molecular formula is C17H21N7O2S. The molecule has 0 aliphatic rings. The van der Waals surface area contributed by atoms with E-state index in [2.05, 4.69) is 25.8 Å². The molecular weight excluding hydrogens is 366 g/mol. The van der Waals surface area contributed by atoms with E-state index in [-0.39, 0.29) is 29.5 Å². The summed E-state index contributed by atoms with van der Waals surface area (Å²) in [6.07, 6.45) is 0. The third-order valence-electron chi connectivity index (χ3n) is 3.99. The molecule has 2 aromatic heterocycles. The number of fused-ring (bicyclic) bond motifs is 1. The molecule has 0 fully saturated rings. The van der Waals surface area contributed by atoms with Crippen LogP contribution in [0.2, 0.25) is 0 Å². The van der Waals surface area contributed by atoms with Crippen molar-refractivity contribution < 1.29 is 9.53 Å². The first-order chi connectivity index (χ1) is 13.0. The van der Waals surface area contributed by atoms with E-state index in [1.54, 1.807) is 18.4 Å². The second-order valence-electron chi connectivity index (χ2n) is 6.05. The van der Waals surface area contributed by atoms with Gasteiger partial charge >= 0.3 is 0 Å². The first kappa shape index (κ1) is 19.0. The van der Waals surface area contributed by atoms with Crippen LogP contribution in [0.5, 0.6) is 0 Å². The van der Waals surface area contributed by atoms with Gasteiger partial charge in [-0.05, 0) is 42.0 Å². The van der Waals surface area contributed by atoms with Crippen LogP contribution in [-0.2, 0) is 4.74 Å². The van der Waals surface area contributed by atoms with E-state index >= 15 is 0 Å². The highest BCUT2D eigenvalue weighted by atomic mass is 32.1. The Hall–Kier alpha value is -2.82. The Balaban J connectivity index is 1.86. The largest absolute Gasteiger partial charge is 0.383 e. The number of hydrogen-bond donors (Lipinski definition) is 4. The molecule has 6 N–H and O–H groups in total. The molecule has 3 aromatic rings. The summed E-state index contributed by atoms with van der Waals surface area (Å²) in [5.74, 6) is -0.259. The number of primary amides is 1. The lowest BCUT2D eigenvalue weighted by Gasteiger charge is -2.20. The number of amides is 1. The van der Waals surface area contributed by atoms with E-state index in [1.165, 1.54) is 4.70 Å². The molecule has 1 aromatic carbocycles. The number of nitrogens with one attached hydrogen (secondary N) is 2. The van der Waals surface area contributed by atoms with Gasteiger partial charge < -0.3 is 26.8 Å². The van der Waals surface area contributed by atoms with Gasteiger partial charge in [0.1, 0.15) is 0 Å². The van der Waals surface area contributed by atoms with Crippen molar-refractivity contribution in [2.24, 2.45) is 11.5 Å². The van der Waals surface area contributed by atoms with Crippen molar-refractivity contribution in [2.75, 3.05) is 24.4 Å². The summed E-state index contributed by atoms with van der Waals surface area (Å²) in [5, 5.41) is 17.1. The monoisotopic (exact) mass is 387 g/mol. The predicted octanol–water partition coefficient (Wildman–Crippen LogP) is 1.70. The quantitative estimate of drug-likeness (QED) is 0.458. The first-order valence-corrected chi connectivity index (χ1v) is 9.15. The zero-order valence-electron chi connectivity index (χ0n) is 15.0. The Morgan fingerprint density at radius 2 is 2.15 bits per heavy atom. The van der Waals surface area contributed by atoms with Crippen LogP contribution in [0, 0.1) is 0 Å². The number of carbonyl (C=O) groups is 1. The second-order valence-corrected chi connectivity index (χ2v) is 6.99.